The van der Waals surface area contributed by atoms with Crippen LogP contribution in [0.15, 0.2) is 36.4 Å². The van der Waals surface area contributed by atoms with E-state index in [1.807, 2.05) is 0 Å². The molecule has 1 amide bonds. The molecule has 5 nitrogen and oxygen atoms in total. The van der Waals surface area contributed by atoms with Crippen LogP contribution in [-0.2, 0) is 0 Å². The average Bonchev–Trinajstić information content (AvgIpc) is 2.38. The topological polar surface area (TPSA) is 77.2 Å². The van der Waals surface area contributed by atoms with Gasteiger partial charge >= 0.3 is 0 Å². The predicted molar refractivity (Wildman–Crippen MR) is 74.6 cm³/mol. The number of nitrogens with one attached hydrogen (secondary N) is 1. The number of nitrogens with two attached hydrogens (primary N) is 1. The summed E-state index contributed by atoms with van der Waals surface area (Å²) in [4.78, 5) is 16.1. The van der Waals surface area contributed by atoms with Gasteiger partial charge < -0.3 is 15.8 Å². The number of nitrogen functional groups attached to an aromatic ring is 1. The molecule has 0 spiro atoms. The van der Waals surface area contributed by atoms with Crippen LogP contribution in [0.25, 0.3) is 0 Å². The van der Waals surface area contributed by atoms with Gasteiger partial charge in [0.2, 0.25) is 0 Å². The molecule has 0 aliphatic rings. The maximum absolute atomic E-state index is 12.1. The van der Waals surface area contributed by atoms with Crippen LogP contribution in [0.2, 0.25) is 5.15 Å². The number of carbonyl (C=O) groups excluding carboxylic acids is 1. The Hall–Kier alpha value is -2.27. The van der Waals surface area contributed by atoms with E-state index in [-0.39, 0.29) is 5.91 Å². The summed E-state index contributed by atoms with van der Waals surface area (Å²) in [6, 6.07) is 9.80. The van der Waals surface area contributed by atoms with E-state index < -0.39 is 0 Å². The van der Waals surface area contributed by atoms with E-state index in [0.29, 0.717) is 28.0 Å². The standard InChI is InChI=1S/C13H12ClN3O2/c1-19-10-6-5-8(15)7-9(10)13(18)17-12-4-2-3-11(14)16-12/h2-7H,15H2,1H3,(H,16,17,18). The molecule has 0 bridgehead atoms. The van der Waals surface area contributed by atoms with Gasteiger partial charge in [-0.05, 0) is 30.3 Å². The first-order valence-corrected chi connectivity index (χ1v) is 5.85. The Kier molecular flexibility index (Phi) is 3.87. The van der Waals surface area contributed by atoms with Crippen LogP contribution in [-0.4, -0.2) is 18.0 Å². The molecule has 1 aromatic heterocycles. The van der Waals surface area contributed by atoms with Crippen molar-refractivity contribution >= 4 is 29.0 Å². The van der Waals surface area contributed by atoms with Gasteiger partial charge in [-0.15, -0.1) is 0 Å². The third-order valence-corrected chi connectivity index (χ3v) is 2.64. The molecule has 2 rings (SSSR count). The van der Waals surface area contributed by atoms with Gasteiger partial charge in [0.25, 0.3) is 5.91 Å². The van der Waals surface area contributed by atoms with Gasteiger partial charge in [-0.25, -0.2) is 4.98 Å². The Balaban J connectivity index is 2.27. The Morgan fingerprint density at radius 3 is 2.84 bits per heavy atom. The van der Waals surface area contributed by atoms with Gasteiger partial charge in [0.1, 0.15) is 16.7 Å². The molecule has 98 valence electrons. The summed E-state index contributed by atoms with van der Waals surface area (Å²) in [7, 11) is 1.49. The summed E-state index contributed by atoms with van der Waals surface area (Å²) in [6.07, 6.45) is 0. The van der Waals surface area contributed by atoms with Crippen LogP contribution >= 0.6 is 11.6 Å². The fourth-order valence-electron chi connectivity index (χ4n) is 1.56. The molecule has 0 aliphatic carbocycles. The van der Waals surface area contributed by atoms with E-state index in [2.05, 4.69) is 10.3 Å². The van der Waals surface area contributed by atoms with E-state index in [4.69, 9.17) is 22.1 Å². The molecule has 2 aromatic rings. The summed E-state index contributed by atoms with van der Waals surface area (Å²) in [5.74, 6) is 0.439. The third-order valence-electron chi connectivity index (χ3n) is 2.42. The zero-order valence-electron chi connectivity index (χ0n) is 10.2. The monoisotopic (exact) mass is 277 g/mol. The van der Waals surface area contributed by atoms with E-state index in [1.165, 1.54) is 7.11 Å². The molecular formula is C13H12ClN3O2. The maximum Gasteiger partial charge on any atom is 0.260 e. The highest BCUT2D eigenvalue weighted by Gasteiger charge is 2.13. The van der Waals surface area contributed by atoms with Crippen LogP contribution in [0.1, 0.15) is 10.4 Å². The number of amides is 1. The largest absolute Gasteiger partial charge is 0.496 e. The Bertz CT molecular complexity index is 617. The Labute approximate surface area is 115 Å². The number of hydrogen-bond acceptors (Lipinski definition) is 4. The van der Waals surface area contributed by atoms with Crippen molar-refractivity contribution in [2.24, 2.45) is 0 Å². The highest BCUT2D eigenvalue weighted by atomic mass is 35.5. The number of hydrogen-bond donors (Lipinski definition) is 2. The second-order valence-corrected chi connectivity index (χ2v) is 4.15. The zero-order valence-corrected chi connectivity index (χ0v) is 10.9. The predicted octanol–water partition coefficient (Wildman–Crippen LogP) is 2.58. The van der Waals surface area contributed by atoms with Crippen molar-refractivity contribution in [3.8, 4) is 5.75 Å². The maximum atomic E-state index is 12.1. The van der Waals surface area contributed by atoms with E-state index in [1.54, 1.807) is 36.4 Å². The second kappa shape index (κ2) is 5.58. The molecule has 1 aromatic carbocycles. The smallest absolute Gasteiger partial charge is 0.260 e. The van der Waals surface area contributed by atoms with Gasteiger partial charge in [0.15, 0.2) is 0 Å². The van der Waals surface area contributed by atoms with Crippen LogP contribution in [0.3, 0.4) is 0 Å². The normalized spacial score (nSPS) is 10.0. The van der Waals surface area contributed by atoms with Gasteiger partial charge in [-0.2, -0.15) is 0 Å². The van der Waals surface area contributed by atoms with Crippen molar-refractivity contribution in [2.75, 3.05) is 18.2 Å². The van der Waals surface area contributed by atoms with Gasteiger partial charge in [0, 0.05) is 5.69 Å². The molecular weight excluding hydrogens is 266 g/mol. The number of benzene rings is 1. The fourth-order valence-corrected chi connectivity index (χ4v) is 1.73. The summed E-state index contributed by atoms with van der Waals surface area (Å²) in [5, 5.41) is 2.93. The van der Waals surface area contributed by atoms with Crippen molar-refractivity contribution in [1.29, 1.82) is 0 Å². The quantitative estimate of drug-likeness (QED) is 0.668. The number of nitrogens with zero attached hydrogens (tertiary/aromatic N) is 1. The number of methoxy groups -OCH3 is 1. The summed E-state index contributed by atoms with van der Waals surface area (Å²) >= 11 is 5.75. The van der Waals surface area contributed by atoms with E-state index >= 15 is 0 Å². The Morgan fingerprint density at radius 1 is 1.37 bits per heavy atom. The highest BCUT2D eigenvalue weighted by molar-refractivity contribution is 6.29. The van der Waals surface area contributed by atoms with Gasteiger partial charge in [-0.3, -0.25) is 4.79 Å². The number of aromatic nitrogens is 1. The van der Waals surface area contributed by atoms with Crippen LogP contribution in [0.5, 0.6) is 5.75 Å². The van der Waals surface area contributed by atoms with Crippen molar-refractivity contribution in [2.45, 2.75) is 0 Å². The molecule has 1 heterocycles. The first-order chi connectivity index (χ1) is 9.10. The number of pyridine rings is 1. The van der Waals surface area contributed by atoms with Gasteiger partial charge in [0.05, 0.1) is 12.7 Å². The van der Waals surface area contributed by atoms with Crippen molar-refractivity contribution < 1.29 is 9.53 Å². The van der Waals surface area contributed by atoms with Crippen LogP contribution in [0, 0.1) is 0 Å². The molecule has 0 unspecified atom stereocenters. The molecule has 0 saturated heterocycles. The molecule has 3 N–H and O–H groups in total. The number of ether oxygens (including phenoxy) is 1. The first-order valence-electron chi connectivity index (χ1n) is 5.47. The van der Waals surface area contributed by atoms with Crippen molar-refractivity contribution in [3.05, 3.63) is 47.1 Å². The first kappa shape index (κ1) is 13.2. The van der Waals surface area contributed by atoms with Crippen molar-refractivity contribution in [3.63, 3.8) is 0 Å². The molecule has 0 fully saturated rings. The minimum atomic E-state index is -0.362. The van der Waals surface area contributed by atoms with Crippen molar-refractivity contribution in [1.82, 2.24) is 4.98 Å². The van der Waals surface area contributed by atoms with Gasteiger partial charge in [-0.1, -0.05) is 17.7 Å². The zero-order chi connectivity index (χ0) is 13.8. The van der Waals surface area contributed by atoms with Crippen LogP contribution in [0.4, 0.5) is 11.5 Å². The average molecular weight is 278 g/mol. The lowest BCUT2D eigenvalue weighted by atomic mass is 10.1. The lowest BCUT2D eigenvalue weighted by molar-refractivity contribution is 0.102. The van der Waals surface area contributed by atoms with E-state index in [9.17, 15) is 4.79 Å². The molecule has 19 heavy (non-hydrogen) atoms. The summed E-state index contributed by atoms with van der Waals surface area (Å²) in [5.41, 5.74) is 6.48. The number of anilines is 2. The minimum Gasteiger partial charge on any atom is -0.496 e. The number of carbonyl (C=O) groups is 1. The fraction of sp³-hybridized carbons (Fsp3) is 0.0769. The second-order valence-electron chi connectivity index (χ2n) is 3.76. The molecule has 0 atom stereocenters. The molecule has 0 aliphatic heterocycles. The molecule has 6 heteroatoms. The lowest BCUT2D eigenvalue weighted by Gasteiger charge is -2.09. The molecule has 0 radical (unpaired) electrons. The van der Waals surface area contributed by atoms with Crippen LogP contribution < -0.4 is 15.8 Å². The SMILES string of the molecule is COc1ccc(N)cc1C(=O)Nc1cccc(Cl)n1. The Morgan fingerprint density at radius 2 is 2.16 bits per heavy atom. The number of halogens is 1. The van der Waals surface area contributed by atoms with E-state index in [0.717, 1.165) is 0 Å². The molecule has 0 saturated carbocycles. The highest BCUT2D eigenvalue weighted by Crippen LogP contribution is 2.22. The summed E-state index contributed by atoms with van der Waals surface area (Å²) in [6.45, 7) is 0. The third kappa shape index (κ3) is 3.14. The minimum absolute atomic E-state index is 0.303. The number of rotatable bonds is 3. The summed E-state index contributed by atoms with van der Waals surface area (Å²) < 4.78 is 5.12. The lowest BCUT2D eigenvalue weighted by Crippen LogP contribution is -2.14.